The minimum Gasteiger partial charge on any atom is -0.281 e. The van der Waals surface area contributed by atoms with E-state index in [1.54, 1.807) is 0 Å². The summed E-state index contributed by atoms with van der Waals surface area (Å²) in [6.07, 6.45) is 0. The van der Waals surface area contributed by atoms with E-state index in [-0.39, 0.29) is 5.12 Å². The third kappa shape index (κ3) is 1.52. The summed E-state index contributed by atoms with van der Waals surface area (Å²) in [5.74, 6) is 0. The van der Waals surface area contributed by atoms with Crippen molar-refractivity contribution in [3.05, 3.63) is 43.7 Å². The van der Waals surface area contributed by atoms with Crippen LogP contribution in [0.5, 0.6) is 0 Å². The van der Waals surface area contributed by atoms with E-state index >= 15 is 0 Å². The van der Waals surface area contributed by atoms with Crippen LogP contribution in [0.1, 0.15) is 15.9 Å². The Morgan fingerprint density at radius 1 is 0.950 bits per heavy atom. The lowest BCUT2D eigenvalue weighted by molar-refractivity contribution is 0.109. The molecule has 1 nitrogen and oxygen atoms in total. The second kappa shape index (κ2) is 4.18. The van der Waals surface area contributed by atoms with Crippen molar-refractivity contribution >= 4 is 85.0 Å². The number of thioether (sulfide) groups is 1. The summed E-state index contributed by atoms with van der Waals surface area (Å²) >= 11 is 13.4. The number of thiocarbonyl (C=S) groups is 1. The fourth-order valence-electron chi connectivity index (χ4n) is 2.65. The summed E-state index contributed by atoms with van der Waals surface area (Å²) in [6, 6.07) is 7.83. The van der Waals surface area contributed by atoms with Gasteiger partial charge in [-0.1, -0.05) is 49.2 Å². The normalized spacial score (nSPS) is 14.4. The molecule has 1 aliphatic rings. The number of carbonyl (C=O) groups is 1. The van der Waals surface area contributed by atoms with Gasteiger partial charge in [0, 0.05) is 31.8 Å². The first kappa shape index (κ1) is 12.6. The Hall–Kier alpha value is -1.14. The van der Waals surface area contributed by atoms with Crippen molar-refractivity contribution in [2.75, 3.05) is 0 Å². The molecule has 5 heteroatoms. The third-order valence-electron chi connectivity index (χ3n) is 3.52. The van der Waals surface area contributed by atoms with Crippen molar-refractivity contribution in [3.63, 3.8) is 0 Å². The van der Waals surface area contributed by atoms with E-state index in [2.05, 4.69) is 6.58 Å². The molecule has 2 aromatic carbocycles. The SMILES string of the molecule is C=c1sc(=S)c2ccc3c4c(ccc1c42)C(=S)SC3=O. The van der Waals surface area contributed by atoms with Crippen LogP contribution >= 0.6 is 47.5 Å². The highest BCUT2D eigenvalue weighted by atomic mass is 32.2. The second-order valence-corrected chi connectivity index (χ2v) is 7.98. The minimum atomic E-state index is 0.0148. The molecular weight excluding hydrogens is 324 g/mol. The zero-order valence-corrected chi connectivity index (χ0v) is 13.3. The average molecular weight is 330 g/mol. The van der Waals surface area contributed by atoms with Gasteiger partial charge in [0.25, 0.3) is 0 Å². The molecule has 0 radical (unpaired) electrons. The van der Waals surface area contributed by atoms with Gasteiger partial charge in [0.05, 0.1) is 8.02 Å². The van der Waals surface area contributed by atoms with Crippen LogP contribution in [-0.4, -0.2) is 9.31 Å². The van der Waals surface area contributed by atoms with Crippen molar-refractivity contribution in [3.8, 4) is 0 Å². The summed E-state index contributed by atoms with van der Waals surface area (Å²) in [5, 5.41) is 4.06. The summed E-state index contributed by atoms with van der Waals surface area (Å²) in [6.45, 7) is 4.08. The standard InChI is InChI=1S/C15H6OS4/c1-6-7-2-4-10-12-8(13(16)20-15(10)18)3-5-9(11(7)12)14(17)19-6/h2-5H,1H2. The van der Waals surface area contributed by atoms with E-state index in [1.807, 2.05) is 24.3 Å². The Morgan fingerprint density at radius 2 is 1.65 bits per heavy atom. The molecule has 0 saturated carbocycles. The molecule has 0 spiro atoms. The van der Waals surface area contributed by atoms with Crippen LogP contribution in [0.2, 0.25) is 0 Å². The lowest BCUT2D eigenvalue weighted by Gasteiger charge is -2.18. The maximum Gasteiger partial charge on any atom is 0.225 e. The molecule has 0 bridgehead atoms. The van der Waals surface area contributed by atoms with Crippen LogP contribution < -0.4 is 4.53 Å². The van der Waals surface area contributed by atoms with Gasteiger partial charge in [-0.05, 0) is 23.2 Å². The van der Waals surface area contributed by atoms with Crippen molar-refractivity contribution in [1.29, 1.82) is 0 Å². The van der Waals surface area contributed by atoms with Crippen molar-refractivity contribution in [2.24, 2.45) is 0 Å². The van der Waals surface area contributed by atoms with E-state index in [1.165, 1.54) is 11.3 Å². The summed E-state index contributed by atoms with van der Waals surface area (Å²) in [4.78, 5) is 12.2. The number of carbonyl (C=O) groups excluding carboxylic acids is 1. The van der Waals surface area contributed by atoms with Gasteiger partial charge in [-0.15, -0.1) is 11.3 Å². The Morgan fingerprint density at radius 3 is 2.45 bits per heavy atom. The molecule has 0 fully saturated rings. The van der Waals surface area contributed by atoms with E-state index < -0.39 is 0 Å². The Kier molecular flexibility index (Phi) is 2.63. The number of hydrogen-bond acceptors (Lipinski definition) is 5. The van der Waals surface area contributed by atoms with Crippen LogP contribution in [-0.2, 0) is 0 Å². The maximum atomic E-state index is 12.2. The molecular formula is C15H6OS4. The topological polar surface area (TPSA) is 17.1 Å². The van der Waals surface area contributed by atoms with E-state index in [4.69, 9.17) is 24.4 Å². The summed E-state index contributed by atoms with van der Waals surface area (Å²) in [7, 11) is 0. The highest BCUT2D eigenvalue weighted by Crippen LogP contribution is 2.39. The third-order valence-corrected chi connectivity index (χ3v) is 6.14. The van der Waals surface area contributed by atoms with Crippen LogP contribution in [0.15, 0.2) is 24.3 Å². The monoisotopic (exact) mass is 330 g/mol. The van der Waals surface area contributed by atoms with Crippen LogP contribution in [0.4, 0.5) is 0 Å². The van der Waals surface area contributed by atoms with Gasteiger partial charge in [-0.2, -0.15) is 0 Å². The quantitative estimate of drug-likeness (QED) is 0.565. The van der Waals surface area contributed by atoms with E-state index in [9.17, 15) is 4.79 Å². The molecule has 0 amide bonds. The molecule has 0 N–H and O–H groups in total. The number of hydrogen-bond donors (Lipinski definition) is 0. The van der Waals surface area contributed by atoms with Gasteiger partial charge in [-0.3, -0.25) is 4.79 Å². The fraction of sp³-hybridized carbons (Fsp3) is 0. The number of benzene rings is 2. The Balaban J connectivity index is 2.45. The lowest BCUT2D eigenvalue weighted by atomic mass is 9.95. The van der Waals surface area contributed by atoms with Gasteiger partial charge >= 0.3 is 0 Å². The predicted molar refractivity (Wildman–Crippen MR) is 94.5 cm³/mol. The first-order chi connectivity index (χ1) is 9.58. The zero-order valence-electron chi connectivity index (χ0n) is 10.1. The van der Waals surface area contributed by atoms with Gasteiger partial charge in [0.15, 0.2) is 0 Å². The molecule has 2 heterocycles. The molecule has 0 unspecified atom stereocenters. The first-order valence-corrected chi connectivity index (χ1v) is 8.30. The average Bonchev–Trinajstić information content (AvgIpc) is 2.42. The van der Waals surface area contributed by atoms with Crippen molar-refractivity contribution in [1.82, 2.24) is 0 Å². The largest absolute Gasteiger partial charge is 0.281 e. The van der Waals surface area contributed by atoms with E-state index in [0.717, 1.165) is 52.8 Å². The molecule has 1 aromatic heterocycles. The molecule has 96 valence electrons. The predicted octanol–water partition coefficient (Wildman–Crippen LogP) is 4.48. The molecule has 0 atom stereocenters. The van der Waals surface area contributed by atoms with Crippen LogP contribution in [0.25, 0.3) is 28.1 Å². The Labute approximate surface area is 133 Å². The highest BCUT2D eigenvalue weighted by Gasteiger charge is 2.25. The van der Waals surface area contributed by atoms with Gasteiger partial charge < -0.3 is 0 Å². The smallest absolute Gasteiger partial charge is 0.225 e. The lowest BCUT2D eigenvalue weighted by Crippen LogP contribution is -2.11. The molecule has 0 aliphatic carbocycles. The highest BCUT2D eigenvalue weighted by molar-refractivity contribution is 8.34. The van der Waals surface area contributed by atoms with Crippen LogP contribution in [0, 0.1) is 3.82 Å². The molecule has 3 aromatic rings. The van der Waals surface area contributed by atoms with Gasteiger partial charge in [0.1, 0.15) is 0 Å². The molecule has 0 saturated heterocycles. The van der Waals surface area contributed by atoms with Crippen molar-refractivity contribution in [2.45, 2.75) is 0 Å². The fourth-order valence-corrected chi connectivity index (χ4v) is 5.04. The molecule has 20 heavy (non-hydrogen) atoms. The summed E-state index contributed by atoms with van der Waals surface area (Å²) in [5.41, 5.74) is 1.68. The first-order valence-electron chi connectivity index (χ1n) is 5.85. The molecule has 1 aliphatic heterocycles. The Bertz CT molecular complexity index is 968. The minimum absolute atomic E-state index is 0.0148. The maximum absolute atomic E-state index is 12.2. The van der Waals surface area contributed by atoms with Gasteiger partial charge in [-0.25, -0.2) is 0 Å². The zero-order chi connectivity index (χ0) is 14.0. The van der Waals surface area contributed by atoms with Gasteiger partial charge in [0.2, 0.25) is 5.12 Å². The van der Waals surface area contributed by atoms with Crippen LogP contribution in [0.3, 0.4) is 0 Å². The second-order valence-electron chi connectivity index (χ2n) is 4.56. The van der Waals surface area contributed by atoms with Crippen molar-refractivity contribution < 1.29 is 4.79 Å². The molecule has 4 rings (SSSR count). The number of rotatable bonds is 0. The summed E-state index contributed by atoms with van der Waals surface area (Å²) < 4.78 is 2.38. The van der Waals surface area contributed by atoms with E-state index in [0.29, 0.717) is 4.20 Å².